The van der Waals surface area contributed by atoms with Gasteiger partial charge in [-0.25, -0.2) is 9.97 Å². The highest BCUT2D eigenvalue weighted by atomic mass is 32.2. The molecule has 2 heterocycles. The molecule has 20 heavy (non-hydrogen) atoms. The van der Waals surface area contributed by atoms with Crippen molar-refractivity contribution in [1.29, 1.82) is 0 Å². The molecule has 2 aromatic heterocycles. The number of benzene rings is 2. The maximum absolute atomic E-state index is 5.88. The third-order valence-corrected chi connectivity index (χ3v) is 4.83. The summed E-state index contributed by atoms with van der Waals surface area (Å²) in [6.07, 6.45) is 0. The Morgan fingerprint density at radius 1 is 1.05 bits per heavy atom. The topological polar surface area (TPSA) is 64.9 Å². The molecule has 6 heteroatoms. The first-order valence-electron chi connectivity index (χ1n) is 5.98. The van der Waals surface area contributed by atoms with E-state index in [1.807, 2.05) is 36.4 Å². The third kappa shape index (κ3) is 1.93. The highest BCUT2D eigenvalue weighted by Gasteiger charge is 2.12. The average molecular weight is 299 g/mol. The molecular weight excluding hydrogens is 290 g/mol. The van der Waals surface area contributed by atoms with Crippen LogP contribution in [0.5, 0.6) is 0 Å². The van der Waals surface area contributed by atoms with Crippen molar-refractivity contribution in [2.75, 3.05) is 5.73 Å². The van der Waals surface area contributed by atoms with Gasteiger partial charge in [0.1, 0.15) is 5.52 Å². The highest BCUT2D eigenvalue weighted by molar-refractivity contribution is 8.00. The summed E-state index contributed by atoms with van der Waals surface area (Å²) in [6.45, 7) is 0. The van der Waals surface area contributed by atoms with Gasteiger partial charge in [0.2, 0.25) is 0 Å². The molecule has 0 aliphatic carbocycles. The van der Waals surface area contributed by atoms with Crippen molar-refractivity contribution >= 4 is 50.1 Å². The van der Waals surface area contributed by atoms with Crippen LogP contribution in [-0.2, 0) is 0 Å². The van der Waals surface area contributed by atoms with E-state index in [1.54, 1.807) is 11.3 Å². The smallest absolute Gasteiger partial charge is 0.264 e. The largest absolute Gasteiger partial charge is 0.431 e. The maximum Gasteiger partial charge on any atom is 0.264 e. The minimum absolute atomic E-state index is 0.567. The molecule has 0 saturated heterocycles. The van der Waals surface area contributed by atoms with Crippen molar-refractivity contribution in [1.82, 2.24) is 9.97 Å². The molecule has 0 spiro atoms. The number of hydrogen-bond donors (Lipinski definition) is 1. The van der Waals surface area contributed by atoms with Crippen LogP contribution in [-0.4, -0.2) is 9.97 Å². The second-order valence-electron chi connectivity index (χ2n) is 4.22. The SMILES string of the molecule is Nc1cccc2oc(Sc3nc4ccccc4s3)nc12. The molecule has 98 valence electrons. The van der Waals surface area contributed by atoms with Crippen LogP contribution in [0.4, 0.5) is 5.69 Å². The summed E-state index contributed by atoms with van der Waals surface area (Å²) in [4.78, 5) is 8.97. The van der Waals surface area contributed by atoms with E-state index >= 15 is 0 Å². The minimum atomic E-state index is 0.567. The lowest BCUT2D eigenvalue weighted by molar-refractivity contribution is 0.489. The quantitative estimate of drug-likeness (QED) is 0.563. The van der Waals surface area contributed by atoms with Crippen molar-refractivity contribution in [2.45, 2.75) is 9.56 Å². The monoisotopic (exact) mass is 299 g/mol. The van der Waals surface area contributed by atoms with Gasteiger partial charge in [0.25, 0.3) is 5.22 Å². The molecule has 4 rings (SSSR count). The fraction of sp³-hybridized carbons (Fsp3) is 0. The van der Waals surface area contributed by atoms with Crippen LogP contribution in [0.15, 0.2) is 56.4 Å². The van der Waals surface area contributed by atoms with E-state index < -0.39 is 0 Å². The van der Waals surface area contributed by atoms with E-state index in [-0.39, 0.29) is 0 Å². The lowest BCUT2D eigenvalue weighted by Crippen LogP contribution is -1.84. The van der Waals surface area contributed by atoms with E-state index in [4.69, 9.17) is 10.2 Å². The average Bonchev–Trinajstić information content (AvgIpc) is 3.02. The summed E-state index contributed by atoms with van der Waals surface area (Å²) in [6, 6.07) is 13.6. The van der Waals surface area contributed by atoms with Crippen molar-refractivity contribution in [2.24, 2.45) is 0 Å². The summed E-state index contributed by atoms with van der Waals surface area (Å²) in [7, 11) is 0. The second kappa shape index (κ2) is 4.50. The fourth-order valence-corrected chi connectivity index (χ4v) is 3.87. The van der Waals surface area contributed by atoms with Crippen LogP contribution in [0.1, 0.15) is 0 Å². The summed E-state index contributed by atoms with van der Waals surface area (Å²) in [5.74, 6) is 0. The number of nitrogens with zero attached hydrogens (tertiary/aromatic N) is 2. The summed E-state index contributed by atoms with van der Waals surface area (Å²) < 4.78 is 7.76. The summed E-state index contributed by atoms with van der Waals surface area (Å²) in [5.41, 5.74) is 8.91. The standard InChI is InChI=1S/C14H9N3OS2/c15-8-4-3-6-10-12(8)17-13(18-10)20-14-16-9-5-1-2-7-11(9)19-14/h1-7H,15H2. The van der Waals surface area contributed by atoms with Crippen molar-refractivity contribution in [3.8, 4) is 0 Å². The Balaban J connectivity index is 1.74. The molecule has 0 unspecified atom stereocenters. The van der Waals surface area contributed by atoms with Gasteiger partial charge in [-0.1, -0.05) is 18.2 Å². The van der Waals surface area contributed by atoms with Crippen LogP contribution in [0, 0.1) is 0 Å². The fourth-order valence-electron chi connectivity index (χ4n) is 1.96. The molecule has 2 aromatic carbocycles. The number of para-hydroxylation sites is 2. The zero-order valence-electron chi connectivity index (χ0n) is 10.2. The predicted molar refractivity (Wildman–Crippen MR) is 82.2 cm³/mol. The van der Waals surface area contributed by atoms with Crippen molar-refractivity contribution in [3.05, 3.63) is 42.5 Å². The summed E-state index contributed by atoms with van der Waals surface area (Å²) >= 11 is 3.05. The van der Waals surface area contributed by atoms with E-state index in [0.717, 1.165) is 14.6 Å². The van der Waals surface area contributed by atoms with Crippen molar-refractivity contribution in [3.63, 3.8) is 0 Å². The van der Waals surface area contributed by atoms with Crippen LogP contribution in [0.2, 0.25) is 0 Å². The second-order valence-corrected chi connectivity index (χ2v) is 6.45. The van der Waals surface area contributed by atoms with Gasteiger partial charge >= 0.3 is 0 Å². The molecule has 0 aliphatic heterocycles. The molecule has 0 saturated carbocycles. The Labute approximate surface area is 122 Å². The number of nitrogen functional groups attached to an aromatic ring is 1. The number of oxazole rings is 1. The van der Waals surface area contributed by atoms with Gasteiger partial charge in [0.15, 0.2) is 9.92 Å². The first kappa shape index (κ1) is 11.7. The lowest BCUT2D eigenvalue weighted by Gasteiger charge is -1.89. The van der Waals surface area contributed by atoms with Gasteiger partial charge in [-0.2, -0.15) is 0 Å². The molecule has 0 aliphatic rings. The Morgan fingerprint density at radius 2 is 1.95 bits per heavy atom. The van der Waals surface area contributed by atoms with E-state index in [0.29, 0.717) is 22.0 Å². The Bertz CT molecular complexity index is 880. The maximum atomic E-state index is 5.88. The van der Waals surface area contributed by atoms with E-state index in [9.17, 15) is 0 Å². The van der Waals surface area contributed by atoms with Gasteiger partial charge in [0.05, 0.1) is 15.9 Å². The van der Waals surface area contributed by atoms with Crippen LogP contribution in [0.3, 0.4) is 0 Å². The molecule has 2 N–H and O–H groups in total. The number of anilines is 1. The molecule has 4 aromatic rings. The van der Waals surface area contributed by atoms with Gasteiger partial charge in [-0.3, -0.25) is 0 Å². The summed E-state index contributed by atoms with van der Waals surface area (Å²) in [5, 5.41) is 0.567. The Hall–Kier alpha value is -2.05. The predicted octanol–water partition coefficient (Wildman–Crippen LogP) is 4.17. The first-order valence-corrected chi connectivity index (χ1v) is 7.61. The number of aromatic nitrogens is 2. The first-order chi connectivity index (χ1) is 9.79. The van der Waals surface area contributed by atoms with Gasteiger partial charge < -0.3 is 10.2 Å². The molecule has 0 bridgehead atoms. The molecule has 0 fully saturated rings. The van der Waals surface area contributed by atoms with Crippen molar-refractivity contribution < 1.29 is 4.42 Å². The number of nitrogens with two attached hydrogens (primary N) is 1. The Kier molecular flexibility index (Phi) is 2.64. The number of rotatable bonds is 2. The molecule has 4 nitrogen and oxygen atoms in total. The Morgan fingerprint density at radius 3 is 2.80 bits per heavy atom. The number of hydrogen-bond acceptors (Lipinski definition) is 6. The lowest BCUT2D eigenvalue weighted by atomic mass is 10.3. The van der Waals surface area contributed by atoms with Gasteiger partial charge in [0, 0.05) is 11.8 Å². The minimum Gasteiger partial charge on any atom is -0.431 e. The van der Waals surface area contributed by atoms with Crippen LogP contribution >= 0.6 is 23.1 Å². The molecule has 0 radical (unpaired) electrons. The van der Waals surface area contributed by atoms with Gasteiger partial charge in [-0.05, 0) is 24.3 Å². The number of thiazole rings is 1. The molecule has 0 atom stereocenters. The third-order valence-electron chi connectivity index (χ3n) is 2.88. The van der Waals surface area contributed by atoms with Crippen LogP contribution < -0.4 is 5.73 Å². The van der Waals surface area contributed by atoms with E-state index in [1.165, 1.54) is 11.8 Å². The zero-order chi connectivity index (χ0) is 13.5. The van der Waals surface area contributed by atoms with Gasteiger partial charge in [-0.15, -0.1) is 11.3 Å². The zero-order valence-corrected chi connectivity index (χ0v) is 11.9. The normalized spacial score (nSPS) is 11.4. The molecule has 0 amide bonds. The number of fused-ring (bicyclic) bond motifs is 2. The van der Waals surface area contributed by atoms with E-state index in [2.05, 4.69) is 16.0 Å². The highest BCUT2D eigenvalue weighted by Crippen LogP contribution is 2.35. The van der Waals surface area contributed by atoms with Crippen LogP contribution in [0.25, 0.3) is 21.3 Å². The molecular formula is C14H9N3OS2.